The van der Waals surface area contributed by atoms with Gasteiger partial charge in [0.15, 0.2) is 10.4 Å². The van der Waals surface area contributed by atoms with E-state index in [1.54, 1.807) is 28.9 Å². The van der Waals surface area contributed by atoms with Crippen LogP contribution in [0.5, 0.6) is 0 Å². The molecule has 0 aliphatic carbocycles. The molecule has 0 radical (unpaired) electrons. The number of furan rings is 1. The third-order valence-corrected chi connectivity index (χ3v) is 2.96. The summed E-state index contributed by atoms with van der Waals surface area (Å²) >= 11 is 3.22. The molecule has 3 aromatic heterocycles. The van der Waals surface area contributed by atoms with Crippen LogP contribution in [0.2, 0.25) is 0 Å². The average molecular weight is 307 g/mol. The summed E-state index contributed by atoms with van der Waals surface area (Å²) in [6.45, 7) is 0. The molecule has 0 amide bonds. The first-order valence-electron chi connectivity index (χ1n) is 5.11. The van der Waals surface area contributed by atoms with Crippen molar-refractivity contribution in [3.63, 3.8) is 0 Å². The first kappa shape index (κ1) is 11.0. The van der Waals surface area contributed by atoms with Gasteiger partial charge in [-0.15, -0.1) is 0 Å². The fourth-order valence-corrected chi connectivity index (χ4v) is 1.99. The maximum Gasteiger partial charge on any atom is 0.335 e. The second-order valence-corrected chi connectivity index (χ2v) is 4.50. The lowest BCUT2D eigenvalue weighted by molar-refractivity contribution is 0.0697. The van der Waals surface area contributed by atoms with Crippen molar-refractivity contribution in [3.8, 4) is 11.5 Å². The molecule has 6 heteroatoms. The number of carboxylic acids is 1. The molecular weight excluding hydrogens is 300 g/mol. The van der Waals surface area contributed by atoms with Crippen LogP contribution in [0.15, 0.2) is 45.7 Å². The zero-order chi connectivity index (χ0) is 12.7. The van der Waals surface area contributed by atoms with E-state index < -0.39 is 5.97 Å². The highest BCUT2D eigenvalue weighted by atomic mass is 79.9. The lowest BCUT2D eigenvalue weighted by atomic mass is 10.3. The number of carbonyl (C=O) groups is 1. The maximum atomic E-state index is 10.9. The van der Waals surface area contributed by atoms with Gasteiger partial charge in [0.05, 0.1) is 5.56 Å². The number of halogens is 1. The summed E-state index contributed by atoms with van der Waals surface area (Å²) in [6.07, 6.45) is 3.44. The molecule has 0 fully saturated rings. The van der Waals surface area contributed by atoms with Crippen molar-refractivity contribution in [2.75, 3.05) is 0 Å². The fourth-order valence-electron chi connectivity index (χ4n) is 1.69. The molecule has 3 heterocycles. The van der Waals surface area contributed by atoms with Gasteiger partial charge in [0, 0.05) is 12.4 Å². The van der Waals surface area contributed by atoms with E-state index in [2.05, 4.69) is 20.9 Å². The first-order valence-corrected chi connectivity index (χ1v) is 5.90. The minimum absolute atomic E-state index is 0.209. The third kappa shape index (κ3) is 1.80. The lowest BCUT2D eigenvalue weighted by Crippen LogP contribution is -1.96. The van der Waals surface area contributed by atoms with E-state index in [4.69, 9.17) is 9.52 Å². The van der Waals surface area contributed by atoms with Gasteiger partial charge in [-0.05, 0) is 40.2 Å². The summed E-state index contributed by atoms with van der Waals surface area (Å²) in [7, 11) is 0. The monoisotopic (exact) mass is 306 g/mol. The molecule has 3 aromatic rings. The Hall–Kier alpha value is -2.08. The number of fused-ring (bicyclic) bond motifs is 1. The molecule has 0 saturated heterocycles. The molecule has 90 valence electrons. The van der Waals surface area contributed by atoms with E-state index in [0.717, 1.165) is 0 Å². The van der Waals surface area contributed by atoms with Crippen LogP contribution >= 0.6 is 15.9 Å². The van der Waals surface area contributed by atoms with Crippen molar-refractivity contribution in [1.29, 1.82) is 0 Å². The first-order chi connectivity index (χ1) is 8.63. The number of rotatable bonds is 2. The smallest absolute Gasteiger partial charge is 0.335 e. The second-order valence-electron chi connectivity index (χ2n) is 3.72. The minimum atomic E-state index is -0.970. The van der Waals surface area contributed by atoms with E-state index in [1.165, 1.54) is 12.1 Å². The predicted molar refractivity (Wildman–Crippen MR) is 67.6 cm³/mol. The van der Waals surface area contributed by atoms with Crippen molar-refractivity contribution in [1.82, 2.24) is 9.38 Å². The number of nitrogens with zero attached hydrogens (tertiary/aromatic N) is 2. The van der Waals surface area contributed by atoms with Gasteiger partial charge >= 0.3 is 5.97 Å². The van der Waals surface area contributed by atoms with Crippen LogP contribution in [-0.4, -0.2) is 20.5 Å². The van der Waals surface area contributed by atoms with Crippen LogP contribution in [0.3, 0.4) is 0 Å². The Morgan fingerprint density at radius 2 is 2.22 bits per heavy atom. The Kier molecular flexibility index (Phi) is 2.45. The summed E-state index contributed by atoms with van der Waals surface area (Å²) in [6, 6.07) is 6.62. The van der Waals surface area contributed by atoms with Crippen molar-refractivity contribution in [2.24, 2.45) is 0 Å². The molecule has 18 heavy (non-hydrogen) atoms. The molecule has 0 saturated carbocycles. The van der Waals surface area contributed by atoms with Crippen LogP contribution in [0.25, 0.3) is 17.1 Å². The van der Waals surface area contributed by atoms with Crippen LogP contribution in [-0.2, 0) is 0 Å². The number of aromatic carboxylic acids is 1. The molecule has 0 bridgehead atoms. The zero-order valence-electron chi connectivity index (χ0n) is 9.00. The van der Waals surface area contributed by atoms with Crippen LogP contribution in [0.1, 0.15) is 10.4 Å². The van der Waals surface area contributed by atoms with Crippen molar-refractivity contribution in [2.45, 2.75) is 0 Å². The number of carboxylic acid groups (broad SMARTS) is 1. The van der Waals surface area contributed by atoms with Gasteiger partial charge in [0.25, 0.3) is 0 Å². The minimum Gasteiger partial charge on any atom is -0.478 e. The van der Waals surface area contributed by atoms with Crippen molar-refractivity contribution >= 4 is 27.5 Å². The molecule has 5 nitrogen and oxygen atoms in total. The Morgan fingerprint density at radius 1 is 1.39 bits per heavy atom. The highest BCUT2D eigenvalue weighted by molar-refractivity contribution is 9.10. The number of imidazole rings is 1. The Bertz CT molecular complexity index is 745. The highest BCUT2D eigenvalue weighted by Crippen LogP contribution is 2.24. The van der Waals surface area contributed by atoms with E-state index in [1.807, 2.05) is 0 Å². The largest absolute Gasteiger partial charge is 0.478 e. The fraction of sp³-hybridized carbons (Fsp3) is 0. The predicted octanol–water partition coefficient (Wildman–Crippen LogP) is 3.06. The van der Waals surface area contributed by atoms with E-state index >= 15 is 0 Å². The third-order valence-electron chi connectivity index (χ3n) is 2.53. The van der Waals surface area contributed by atoms with E-state index in [0.29, 0.717) is 21.8 Å². The van der Waals surface area contributed by atoms with Crippen LogP contribution in [0.4, 0.5) is 0 Å². The number of hydrogen-bond acceptors (Lipinski definition) is 3. The van der Waals surface area contributed by atoms with Gasteiger partial charge in [-0.25, -0.2) is 9.78 Å². The van der Waals surface area contributed by atoms with Gasteiger partial charge in [-0.3, -0.25) is 0 Å². The molecule has 1 N–H and O–H groups in total. The van der Waals surface area contributed by atoms with Crippen molar-refractivity contribution in [3.05, 3.63) is 46.9 Å². The van der Waals surface area contributed by atoms with Crippen LogP contribution < -0.4 is 0 Å². The summed E-state index contributed by atoms with van der Waals surface area (Å²) < 4.78 is 7.78. The summed E-state index contributed by atoms with van der Waals surface area (Å²) in [5, 5.41) is 8.91. The highest BCUT2D eigenvalue weighted by Gasteiger charge is 2.10. The molecule has 0 spiro atoms. The van der Waals surface area contributed by atoms with Gasteiger partial charge in [-0.1, -0.05) is 0 Å². The Labute approximate surface area is 110 Å². The number of aromatic nitrogens is 2. The topological polar surface area (TPSA) is 67.7 Å². The molecule has 0 aromatic carbocycles. The average Bonchev–Trinajstić information content (AvgIpc) is 2.93. The number of hydrogen-bond donors (Lipinski definition) is 1. The second kappa shape index (κ2) is 3.99. The summed E-state index contributed by atoms with van der Waals surface area (Å²) in [4.78, 5) is 15.2. The molecule has 0 aliphatic rings. The van der Waals surface area contributed by atoms with Crippen LogP contribution in [0, 0.1) is 0 Å². The lowest BCUT2D eigenvalue weighted by Gasteiger charge is -1.94. The van der Waals surface area contributed by atoms with Gasteiger partial charge in [0.2, 0.25) is 0 Å². The SMILES string of the molecule is O=C(O)c1ccn2cc(-c3ccc(Br)o3)nc2c1. The summed E-state index contributed by atoms with van der Waals surface area (Å²) in [5.74, 6) is -0.342. The van der Waals surface area contributed by atoms with Gasteiger partial charge in [0.1, 0.15) is 11.3 Å². The molecule has 3 rings (SSSR count). The molecular formula is C12H7BrN2O3. The molecule has 0 aliphatic heterocycles. The Balaban J connectivity index is 2.13. The zero-order valence-corrected chi connectivity index (χ0v) is 10.6. The molecule has 0 atom stereocenters. The number of pyridine rings is 1. The van der Waals surface area contributed by atoms with E-state index in [9.17, 15) is 4.79 Å². The van der Waals surface area contributed by atoms with Crippen molar-refractivity contribution < 1.29 is 14.3 Å². The van der Waals surface area contributed by atoms with E-state index in [-0.39, 0.29) is 5.56 Å². The van der Waals surface area contributed by atoms with Gasteiger partial charge in [-0.2, -0.15) is 0 Å². The Morgan fingerprint density at radius 3 is 2.89 bits per heavy atom. The van der Waals surface area contributed by atoms with Gasteiger partial charge < -0.3 is 13.9 Å². The maximum absolute atomic E-state index is 10.9. The molecule has 0 unspecified atom stereocenters. The normalized spacial score (nSPS) is 10.9. The standard InChI is InChI=1S/C12H7BrN2O3/c13-10-2-1-9(18-10)8-6-15-4-3-7(12(16)17)5-11(15)14-8/h1-6H,(H,16,17). The quantitative estimate of drug-likeness (QED) is 0.790. The summed E-state index contributed by atoms with van der Waals surface area (Å²) in [5.41, 5.74) is 1.43.